The molecule has 0 heterocycles. The van der Waals surface area contributed by atoms with E-state index in [0.717, 1.165) is 27.8 Å². The highest BCUT2D eigenvalue weighted by molar-refractivity contribution is 5.89. The fraction of sp³-hybridized carbons (Fsp3) is 0.370. The minimum Gasteiger partial charge on any atom is -0.480 e. The summed E-state index contributed by atoms with van der Waals surface area (Å²) in [5.41, 5.74) is 5.40. The Balaban J connectivity index is 1.65. The molecule has 7 heteroatoms. The average molecular weight is 465 g/mol. The number of hydrogen-bond donors (Lipinski definition) is 3. The number of amides is 2. The molecule has 2 atom stereocenters. The van der Waals surface area contributed by atoms with Crippen LogP contribution in [0.2, 0.25) is 0 Å². The van der Waals surface area contributed by atoms with Crippen molar-refractivity contribution >= 4 is 18.0 Å². The van der Waals surface area contributed by atoms with Crippen molar-refractivity contribution in [2.75, 3.05) is 6.61 Å². The quantitative estimate of drug-likeness (QED) is 0.475. The van der Waals surface area contributed by atoms with Crippen molar-refractivity contribution in [3.63, 3.8) is 0 Å². The van der Waals surface area contributed by atoms with E-state index in [1.165, 1.54) is 0 Å². The van der Waals surface area contributed by atoms with Crippen LogP contribution in [0.4, 0.5) is 4.79 Å². The molecule has 1 aliphatic carbocycles. The van der Waals surface area contributed by atoms with Gasteiger partial charge in [0.2, 0.25) is 5.91 Å². The van der Waals surface area contributed by atoms with E-state index in [2.05, 4.69) is 22.8 Å². The lowest BCUT2D eigenvalue weighted by Crippen LogP contribution is -2.53. The summed E-state index contributed by atoms with van der Waals surface area (Å²) in [7, 11) is 0. The van der Waals surface area contributed by atoms with Crippen molar-refractivity contribution in [1.29, 1.82) is 0 Å². The molecule has 0 aromatic heterocycles. The molecule has 3 N–H and O–H groups in total. The first-order chi connectivity index (χ1) is 16.2. The Bertz CT molecular complexity index is 1040. The Morgan fingerprint density at radius 2 is 1.53 bits per heavy atom. The first-order valence-corrected chi connectivity index (χ1v) is 11.5. The second-order valence-electron chi connectivity index (χ2n) is 9.11. The van der Waals surface area contributed by atoms with Crippen LogP contribution in [0.5, 0.6) is 0 Å². The number of carboxylic acids is 1. The van der Waals surface area contributed by atoms with Gasteiger partial charge in [-0.2, -0.15) is 0 Å². The number of nitrogens with one attached hydrogen (secondary N) is 2. The van der Waals surface area contributed by atoms with Gasteiger partial charge in [0, 0.05) is 5.92 Å². The van der Waals surface area contributed by atoms with Crippen molar-refractivity contribution in [3.8, 4) is 11.1 Å². The third-order valence-corrected chi connectivity index (χ3v) is 5.94. The molecule has 2 aromatic rings. The first kappa shape index (κ1) is 25.0. The SMILES string of the molecule is CC(C)=CCC(NC(=O)C(NC(=O)OCC1c2ccccc2-c2ccccc21)C(C)C)C(=O)O. The highest BCUT2D eigenvalue weighted by Gasteiger charge is 2.31. The summed E-state index contributed by atoms with van der Waals surface area (Å²) in [6, 6.07) is 14.1. The van der Waals surface area contributed by atoms with E-state index in [9.17, 15) is 19.5 Å². The minimum absolute atomic E-state index is 0.0926. The standard InChI is InChI=1S/C27H32N2O5/c1-16(2)13-14-23(26(31)32)28-25(30)24(17(3)4)29-27(33)34-15-22-20-11-7-5-9-18(20)19-10-6-8-12-21(19)22/h5-13,17,22-24H,14-15H2,1-4H3,(H,28,30)(H,29,33)(H,31,32). The molecule has 0 aliphatic heterocycles. The van der Waals surface area contributed by atoms with Gasteiger partial charge in [-0.15, -0.1) is 0 Å². The molecule has 7 nitrogen and oxygen atoms in total. The zero-order valence-corrected chi connectivity index (χ0v) is 20.0. The third kappa shape index (κ3) is 5.84. The predicted molar refractivity (Wildman–Crippen MR) is 130 cm³/mol. The lowest BCUT2D eigenvalue weighted by Gasteiger charge is -2.24. The summed E-state index contributed by atoms with van der Waals surface area (Å²) in [6.45, 7) is 7.40. The number of carbonyl (C=O) groups excluding carboxylic acids is 2. The summed E-state index contributed by atoms with van der Waals surface area (Å²) < 4.78 is 5.55. The predicted octanol–water partition coefficient (Wildman–Crippen LogP) is 4.48. The number of benzene rings is 2. The van der Waals surface area contributed by atoms with E-state index < -0.39 is 30.1 Å². The second kappa shape index (κ2) is 11.0. The topological polar surface area (TPSA) is 105 Å². The van der Waals surface area contributed by atoms with Gasteiger partial charge in [-0.1, -0.05) is 74.0 Å². The van der Waals surface area contributed by atoms with Crippen LogP contribution in [-0.2, 0) is 14.3 Å². The number of ether oxygens (including phenoxy) is 1. The molecule has 3 rings (SSSR count). The van der Waals surface area contributed by atoms with Crippen LogP contribution in [0.3, 0.4) is 0 Å². The Hall–Kier alpha value is -3.61. The largest absolute Gasteiger partial charge is 0.480 e. The van der Waals surface area contributed by atoms with Crippen molar-refractivity contribution < 1.29 is 24.2 Å². The molecule has 2 aromatic carbocycles. The van der Waals surface area contributed by atoms with Gasteiger partial charge >= 0.3 is 12.1 Å². The number of aliphatic carboxylic acids is 1. The fourth-order valence-electron chi connectivity index (χ4n) is 4.14. The zero-order valence-electron chi connectivity index (χ0n) is 20.0. The van der Waals surface area contributed by atoms with Crippen molar-refractivity contribution in [1.82, 2.24) is 10.6 Å². The van der Waals surface area contributed by atoms with Crippen LogP contribution >= 0.6 is 0 Å². The molecule has 0 radical (unpaired) electrons. The van der Waals surface area contributed by atoms with Crippen LogP contribution in [0.15, 0.2) is 60.2 Å². The van der Waals surface area contributed by atoms with E-state index >= 15 is 0 Å². The van der Waals surface area contributed by atoms with Gasteiger partial charge in [-0.3, -0.25) is 4.79 Å². The smallest absolute Gasteiger partial charge is 0.407 e. The molecular weight excluding hydrogens is 432 g/mol. The summed E-state index contributed by atoms with van der Waals surface area (Å²) >= 11 is 0. The van der Waals surface area contributed by atoms with Gasteiger partial charge in [0.25, 0.3) is 0 Å². The fourth-order valence-corrected chi connectivity index (χ4v) is 4.14. The van der Waals surface area contributed by atoms with E-state index in [-0.39, 0.29) is 24.9 Å². The Kier molecular flexibility index (Phi) is 8.10. The monoisotopic (exact) mass is 464 g/mol. The van der Waals surface area contributed by atoms with Gasteiger partial charge in [0.15, 0.2) is 0 Å². The molecule has 2 amide bonds. The van der Waals surface area contributed by atoms with Crippen molar-refractivity contribution in [3.05, 3.63) is 71.3 Å². The van der Waals surface area contributed by atoms with E-state index in [1.54, 1.807) is 19.9 Å². The maximum absolute atomic E-state index is 12.8. The van der Waals surface area contributed by atoms with Gasteiger partial charge in [-0.05, 0) is 48.4 Å². The Morgan fingerprint density at radius 1 is 0.971 bits per heavy atom. The molecule has 34 heavy (non-hydrogen) atoms. The molecule has 0 spiro atoms. The maximum Gasteiger partial charge on any atom is 0.407 e. The van der Waals surface area contributed by atoms with Crippen LogP contribution in [0.25, 0.3) is 11.1 Å². The number of alkyl carbamates (subject to hydrolysis) is 1. The number of hydrogen-bond acceptors (Lipinski definition) is 4. The molecule has 0 saturated heterocycles. The Morgan fingerprint density at radius 3 is 2.03 bits per heavy atom. The second-order valence-corrected chi connectivity index (χ2v) is 9.11. The van der Waals surface area contributed by atoms with Gasteiger partial charge < -0.3 is 20.5 Å². The van der Waals surface area contributed by atoms with Crippen molar-refractivity contribution in [2.45, 2.75) is 52.1 Å². The first-order valence-electron chi connectivity index (χ1n) is 11.5. The lowest BCUT2D eigenvalue weighted by atomic mass is 9.98. The number of allylic oxidation sites excluding steroid dienone is 1. The number of carboxylic acid groups (broad SMARTS) is 1. The highest BCUT2D eigenvalue weighted by Crippen LogP contribution is 2.44. The maximum atomic E-state index is 12.8. The summed E-state index contributed by atoms with van der Waals surface area (Å²) in [4.78, 5) is 37.0. The average Bonchev–Trinajstić information content (AvgIpc) is 3.12. The minimum atomic E-state index is -1.13. The van der Waals surface area contributed by atoms with E-state index in [1.807, 2.05) is 50.2 Å². The van der Waals surface area contributed by atoms with Crippen LogP contribution in [0, 0.1) is 5.92 Å². The van der Waals surface area contributed by atoms with E-state index in [0.29, 0.717) is 0 Å². The van der Waals surface area contributed by atoms with Gasteiger partial charge in [-0.25, -0.2) is 9.59 Å². The summed E-state index contributed by atoms with van der Waals surface area (Å²) in [5, 5.41) is 14.6. The Labute approximate surface area is 200 Å². The molecule has 1 aliphatic rings. The highest BCUT2D eigenvalue weighted by atomic mass is 16.5. The van der Waals surface area contributed by atoms with Crippen LogP contribution < -0.4 is 10.6 Å². The molecule has 0 fully saturated rings. The molecule has 0 bridgehead atoms. The normalized spacial score (nSPS) is 13.9. The van der Waals surface area contributed by atoms with E-state index in [4.69, 9.17) is 4.74 Å². The lowest BCUT2D eigenvalue weighted by molar-refractivity contribution is -0.142. The molecule has 180 valence electrons. The third-order valence-electron chi connectivity index (χ3n) is 5.94. The number of fused-ring (bicyclic) bond motifs is 3. The van der Waals surface area contributed by atoms with Crippen LogP contribution in [0.1, 0.15) is 51.2 Å². The summed E-state index contributed by atoms with van der Waals surface area (Å²) in [5.74, 6) is -2.05. The van der Waals surface area contributed by atoms with Gasteiger partial charge in [0.1, 0.15) is 18.7 Å². The number of carbonyl (C=O) groups is 3. The molecular formula is C27H32N2O5. The molecule has 2 unspecified atom stereocenters. The molecule has 0 saturated carbocycles. The zero-order chi connectivity index (χ0) is 24.8. The van der Waals surface area contributed by atoms with Crippen LogP contribution in [-0.4, -0.2) is 41.8 Å². The number of rotatable bonds is 9. The van der Waals surface area contributed by atoms with Gasteiger partial charge in [0.05, 0.1) is 0 Å². The summed E-state index contributed by atoms with van der Waals surface area (Å²) in [6.07, 6.45) is 1.20. The van der Waals surface area contributed by atoms with Crippen molar-refractivity contribution in [2.24, 2.45) is 5.92 Å².